The molecule has 1 aliphatic heterocycles. The number of ether oxygens (including phenoxy) is 2. The lowest BCUT2D eigenvalue weighted by atomic mass is 10.2. The largest absolute Gasteiger partial charge is 0.353 e. The predicted octanol–water partition coefficient (Wildman–Crippen LogP) is 3.87. The molecule has 1 fully saturated rings. The minimum Gasteiger partial charge on any atom is -0.353 e. The van der Waals surface area contributed by atoms with Gasteiger partial charge in [-0.15, -0.1) is 0 Å². The molecular weight excluding hydrogens is 306 g/mol. The van der Waals surface area contributed by atoms with Gasteiger partial charge in [-0.1, -0.05) is 18.2 Å². The van der Waals surface area contributed by atoms with Gasteiger partial charge in [0.25, 0.3) is 0 Å². The molecule has 1 aliphatic rings. The highest BCUT2D eigenvalue weighted by atomic mass is 79.9. The van der Waals surface area contributed by atoms with Crippen LogP contribution in [0.4, 0.5) is 0 Å². The number of aryl methyl sites for hydroxylation is 1. The van der Waals surface area contributed by atoms with E-state index in [9.17, 15) is 0 Å². The van der Waals surface area contributed by atoms with Crippen molar-refractivity contribution in [2.45, 2.75) is 32.6 Å². The highest BCUT2D eigenvalue weighted by Crippen LogP contribution is 2.30. The van der Waals surface area contributed by atoms with Crippen LogP contribution in [-0.4, -0.2) is 24.1 Å². The maximum Gasteiger partial charge on any atom is 0.159 e. The summed E-state index contributed by atoms with van der Waals surface area (Å²) in [6.45, 7) is 4.70. The summed E-state index contributed by atoms with van der Waals surface area (Å²) < 4.78 is 14.7. The van der Waals surface area contributed by atoms with Crippen molar-refractivity contribution in [3.8, 4) is 0 Å². The second kappa shape index (κ2) is 5.65. The van der Waals surface area contributed by atoms with Gasteiger partial charge >= 0.3 is 0 Å². The minimum atomic E-state index is -0.0481. The van der Waals surface area contributed by atoms with Gasteiger partial charge in [-0.25, -0.2) is 0 Å². The lowest BCUT2D eigenvalue weighted by Gasteiger charge is -2.23. The molecule has 0 spiro atoms. The summed E-state index contributed by atoms with van der Waals surface area (Å²) in [7, 11) is 0. The third-order valence-corrected chi connectivity index (χ3v) is 4.64. The molecule has 102 valence electrons. The van der Waals surface area contributed by atoms with Crippen molar-refractivity contribution in [3.05, 3.63) is 34.4 Å². The fourth-order valence-corrected chi connectivity index (χ4v) is 3.16. The lowest BCUT2D eigenvalue weighted by molar-refractivity contribution is -0.182. The van der Waals surface area contributed by atoms with Crippen LogP contribution in [0.5, 0.6) is 0 Å². The zero-order valence-electron chi connectivity index (χ0n) is 11.1. The molecule has 1 aromatic heterocycles. The van der Waals surface area contributed by atoms with Crippen LogP contribution in [0.1, 0.15) is 18.5 Å². The van der Waals surface area contributed by atoms with Crippen LogP contribution >= 0.6 is 15.9 Å². The zero-order chi connectivity index (χ0) is 13.2. The highest BCUT2D eigenvalue weighted by molar-refractivity contribution is 9.10. The summed E-state index contributed by atoms with van der Waals surface area (Å²) >= 11 is 3.68. The molecule has 2 aromatic rings. The van der Waals surface area contributed by atoms with E-state index >= 15 is 0 Å². The first kappa shape index (κ1) is 13.2. The van der Waals surface area contributed by atoms with Gasteiger partial charge in [-0.2, -0.15) is 0 Å². The normalized spacial score (nSPS) is 17.2. The molecule has 0 unspecified atom stereocenters. The van der Waals surface area contributed by atoms with Crippen LogP contribution in [0.3, 0.4) is 0 Å². The van der Waals surface area contributed by atoms with Gasteiger partial charge in [-0.05, 0) is 35.3 Å². The SMILES string of the molecule is Cc1c(Br)c2ccccc2n1CCC1OCCCO1. The molecule has 1 saturated heterocycles. The Balaban J connectivity index is 1.82. The topological polar surface area (TPSA) is 23.4 Å². The van der Waals surface area contributed by atoms with E-state index in [-0.39, 0.29) is 6.29 Å². The predicted molar refractivity (Wildman–Crippen MR) is 79.3 cm³/mol. The number of rotatable bonds is 3. The van der Waals surface area contributed by atoms with Crippen LogP contribution in [0, 0.1) is 6.92 Å². The van der Waals surface area contributed by atoms with Crippen molar-refractivity contribution in [3.63, 3.8) is 0 Å². The molecule has 0 bridgehead atoms. The Kier molecular flexibility index (Phi) is 3.91. The fraction of sp³-hybridized carbons (Fsp3) is 0.467. The highest BCUT2D eigenvalue weighted by Gasteiger charge is 2.16. The van der Waals surface area contributed by atoms with Gasteiger partial charge in [0, 0.05) is 34.0 Å². The molecule has 3 rings (SSSR count). The zero-order valence-corrected chi connectivity index (χ0v) is 12.6. The Morgan fingerprint density at radius 3 is 2.79 bits per heavy atom. The second-order valence-corrected chi connectivity index (χ2v) is 5.67. The summed E-state index contributed by atoms with van der Waals surface area (Å²) in [5, 5.41) is 1.27. The number of aromatic nitrogens is 1. The van der Waals surface area contributed by atoms with Gasteiger partial charge in [-0.3, -0.25) is 0 Å². The number of fused-ring (bicyclic) bond motifs is 1. The van der Waals surface area contributed by atoms with E-state index in [0.29, 0.717) is 0 Å². The maximum atomic E-state index is 5.61. The molecule has 0 saturated carbocycles. The number of benzene rings is 1. The van der Waals surface area contributed by atoms with Gasteiger partial charge in [0.1, 0.15) is 0 Å². The van der Waals surface area contributed by atoms with E-state index in [1.807, 2.05) is 0 Å². The summed E-state index contributed by atoms with van der Waals surface area (Å²) in [5.74, 6) is 0. The minimum absolute atomic E-state index is 0.0481. The second-order valence-electron chi connectivity index (χ2n) is 4.88. The number of hydrogen-bond donors (Lipinski definition) is 0. The molecule has 4 heteroatoms. The molecule has 0 atom stereocenters. The summed E-state index contributed by atoms with van der Waals surface area (Å²) in [6.07, 6.45) is 1.85. The molecule has 0 radical (unpaired) electrons. The summed E-state index contributed by atoms with van der Waals surface area (Å²) in [5.41, 5.74) is 2.53. The quantitative estimate of drug-likeness (QED) is 0.856. The van der Waals surface area contributed by atoms with Crippen LogP contribution in [0.15, 0.2) is 28.7 Å². The van der Waals surface area contributed by atoms with Crippen molar-refractivity contribution in [2.24, 2.45) is 0 Å². The Labute approximate surface area is 121 Å². The van der Waals surface area contributed by atoms with E-state index in [0.717, 1.165) is 32.6 Å². The first-order chi connectivity index (χ1) is 9.27. The Hall–Kier alpha value is -0.840. The van der Waals surface area contributed by atoms with Crippen molar-refractivity contribution >= 4 is 26.8 Å². The maximum absolute atomic E-state index is 5.61. The molecule has 19 heavy (non-hydrogen) atoms. The average molecular weight is 324 g/mol. The van der Waals surface area contributed by atoms with Gasteiger partial charge < -0.3 is 14.0 Å². The van der Waals surface area contributed by atoms with Gasteiger partial charge in [0.15, 0.2) is 6.29 Å². The summed E-state index contributed by atoms with van der Waals surface area (Å²) in [6, 6.07) is 8.47. The molecule has 1 aromatic carbocycles. The smallest absolute Gasteiger partial charge is 0.159 e. The van der Waals surface area contributed by atoms with Crippen LogP contribution in [0.25, 0.3) is 10.9 Å². The third kappa shape index (κ3) is 2.57. The lowest BCUT2D eigenvalue weighted by Crippen LogP contribution is -2.26. The van der Waals surface area contributed by atoms with E-state index < -0.39 is 0 Å². The Morgan fingerprint density at radius 2 is 2.00 bits per heavy atom. The van der Waals surface area contributed by atoms with Crippen molar-refractivity contribution in [2.75, 3.05) is 13.2 Å². The monoisotopic (exact) mass is 323 g/mol. The molecule has 3 nitrogen and oxygen atoms in total. The first-order valence-electron chi connectivity index (χ1n) is 6.74. The van der Waals surface area contributed by atoms with E-state index in [4.69, 9.17) is 9.47 Å². The molecule has 0 N–H and O–H groups in total. The van der Waals surface area contributed by atoms with Crippen LogP contribution in [0.2, 0.25) is 0 Å². The number of para-hydroxylation sites is 1. The van der Waals surface area contributed by atoms with Gasteiger partial charge in [0.2, 0.25) is 0 Å². The first-order valence-corrected chi connectivity index (χ1v) is 7.53. The summed E-state index contributed by atoms with van der Waals surface area (Å²) in [4.78, 5) is 0. The van der Waals surface area contributed by atoms with Gasteiger partial charge in [0.05, 0.1) is 13.2 Å². The molecule has 0 aliphatic carbocycles. The van der Waals surface area contributed by atoms with Crippen molar-refractivity contribution in [1.82, 2.24) is 4.57 Å². The standard InChI is InChI=1S/C15H18BrNO2/c1-11-15(16)12-5-2-3-6-13(12)17(11)8-7-14-18-9-4-10-19-14/h2-3,5-6,14H,4,7-10H2,1H3. The van der Waals surface area contributed by atoms with Crippen molar-refractivity contribution in [1.29, 1.82) is 0 Å². The Bertz CT molecular complexity index is 573. The molecule has 2 heterocycles. The third-order valence-electron chi connectivity index (χ3n) is 3.64. The number of nitrogens with zero attached hydrogens (tertiary/aromatic N) is 1. The Morgan fingerprint density at radius 1 is 1.26 bits per heavy atom. The van der Waals surface area contributed by atoms with Crippen molar-refractivity contribution < 1.29 is 9.47 Å². The number of hydrogen-bond acceptors (Lipinski definition) is 2. The number of halogens is 1. The fourth-order valence-electron chi connectivity index (χ4n) is 2.61. The van der Waals surface area contributed by atoms with E-state index in [1.54, 1.807) is 0 Å². The molecule has 0 amide bonds. The van der Waals surface area contributed by atoms with Crippen LogP contribution in [-0.2, 0) is 16.0 Å². The average Bonchev–Trinajstić information content (AvgIpc) is 2.71. The van der Waals surface area contributed by atoms with Crippen LogP contribution < -0.4 is 0 Å². The van der Waals surface area contributed by atoms with E-state index in [1.165, 1.54) is 21.1 Å². The molecular formula is C15H18BrNO2. The van der Waals surface area contributed by atoms with E-state index in [2.05, 4.69) is 51.7 Å².